The maximum absolute atomic E-state index is 13.3. The molecule has 5 nitrogen and oxygen atoms in total. The summed E-state index contributed by atoms with van der Waals surface area (Å²) >= 11 is 0. The van der Waals surface area contributed by atoms with Crippen LogP contribution in [0.2, 0.25) is 0 Å². The van der Waals surface area contributed by atoms with Crippen molar-refractivity contribution >= 4 is 15.9 Å². The van der Waals surface area contributed by atoms with Crippen molar-refractivity contribution in [2.75, 3.05) is 6.54 Å². The van der Waals surface area contributed by atoms with Gasteiger partial charge in [-0.1, -0.05) is 66.8 Å². The topological polar surface area (TPSA) is 66.5 Å². The second kappa shape index (κ2) is 9.55. The van der Waals surface area contributed by atoms with E-state index in [0.717, 1.165) is 42.4 Å². The zero-order chi connectivity index (χ0) is 20.9. The largest absolute Gasteiger partial charge is 0.352 e. The second-order valence-electron chi connectivity index (χ2n) is 7.97. The fraction of sp³-hybridized carbons (Fsp3) is 0.435. The summed E-state index contributed by atoms with van der Waals surface area (Å²) in [5.74, 6) is -0.236. The van der Waals surface area contributed by atoms with Crippen LogP contribution in [0, 0.1) is 13.8 Å². The summed E-state index contributed by atoms with van der Waals surface area (Å²) < 4.78 is 27.9. The van der Waals surface area contributed by atoms with Gasteiger partial charge in [0.15, 0.2) is 0 Å². The lowest BCUT2D eigenvalue weighted by Gasteiger charge is -2.26. The highest BCUT2D eigenvalue weighted by atomic mass is 32.2. The summed E-state index contributed by atoms with van der Waals surface area (Å²) in [5, 5.41) is 3.03. The number of nitrogens with zero attached hydrogens (tertiary/aromatic N) is 1. The summed E-state index contributed by atoms with van der Waals surface area (Å²) in [6, 6.07) is 14.6. The van der Waals surface area contributed by atoms with E-state index in [1.165, 1.54) is 10.7 Å². The molecule has 29 heavy (non-hydrogen) atoms. The van der Waals surface area contributed by atoms with Crippen LogP contribution in [0.25, 0.3) is 0 Å². The molecule has 1 saturated carbocycles. The van der Waals surface area contributed by atoms with Crippen molar-refractivity contribution in [1.29, 1.82) is 0 Å². The molecular formula is C23H30N2O3S. The Morgan fingerprint density at radius 1 is 0.931 bits per heavy atom. The standard InChI is InChI=1S/C23H30N2O3S/c1-18-8-12-20(13-9-18)16-25(17-23(26)24-21-6-4-3-5-7-21)29(27,28)22-14-10-19(2)11-15-22/h8-15,21H,3-7,16-17H2,1-2H3,(H,24,26). The number of hydrogen-bond acceptors (Lipinski definition) is 3. The third kappa shape index (κ3) is 5.90. The summed E-state index contributed by atoms with van der Waals surface area (Å²) in [6.07, 6.45) is 5.36. The van der Waals surface area contributed by atoms with Crippen LogP contribution in [-0.4, -0.2) is 31.2 Å². The maximum Gasteiger partial charge on any atom is 0.243 e. The molecule has 2 aromatic carbocycles. The Labute approximate surface area is 174 Å². The molecule has 0 atom stereocenters. The summed E-state index contributed by atoms with van der Waals surface area (Å²) in [6.45, 7) is 3.88. The van der Waals surface area contributed by atoms with Gasteiger partial charge in [-0.2, -0.15) is 4.31 Å². The van der Waals surface area contributed by atoms with Crippen molar-refractivity contribution in [3.05, 3.63) is 65.2 Å². The van der Waals surface area contributed by atoms with Crippen LogP contribution in [0.5, 0.6) is 0 Å². The molecule has 0 radical (unpaired) electrons. The van der Waals surface area contributed by atoms with Crippen molar-refractivity contribution in [2.24, 2.45) is 0 Å². The number of sulfonamides is 1. The van der Waals surface area contributed by atoms with Crippen LogP contribution in [0.1, 0.15) is 48.8 Å². The summed E-state index contributed by atoms with van der Waals surface area (Å²) in [7, 11) is -3.79. The van der Waals surface area contributed by atoms with Crippen molar-refractivity contribution in [2.45, 2.75) is 63.4 Å². The highest BCUT2D eigenvalue weighted by Gasteiger charge is 2.28. The Kier molecular flexibility index (Phi) is 7.09. The van der Waals surface area contributed by atoms with Gasteiger partial charge < -0.3 is 5.32 Å². The molecule has 0 aromatic heterocycles. The van der Waals surface area contributed by atoms with Gasteiger partial charge in [0.1, 0.15) is 0 Å². The number of carbonyl (C=O) groups is 1. The first-order valence-corrected chi connectivity index (χ1v) is 11.7. The molecule has 156 valence electrons. The molecule has 0 spiro atoms. The minimum absolute atomic E-state index is 0.152. The first-order chi connectivity index (χ1) is 13.8. The average Bonchev–Trinajstić information content (AvgIpc) is 2.70. The van der Waals surface area contributed by atoms with Crippen molar-refractivity contribution in [3.63, 3.8) is 0 Å². The number of rotatable bonds is 7. The number of carbonyl (C=O) groups excluding carboxylic acids is 1. The zero-order valence-electron chi connectivity index (χ0n) is 17.2. The molecule has 2 aromatic rings. The monoisotopic (exact) mass is 414 g/mol. The SMILES string of the molecule is Cc1ccc(CN(CC(=O)NC2CCCCC2)S(=O)(=O)c2ccc(C)cc2)cc1. The Hall–Kier alpha value is -2.18. The van der Waals surface area contributed by atoms with Gasteiger partial charge in [-0.15, -0.1) is 0 Å². The molecule has 6 heteroatoms. The molecule has 0 bridgehead atoms. The van der Waals surface area contributed by atoms with Crippen LogP contribution in [0.4, 0.5) is 0 Å². The first kappa shape index (κ1) is 21.5. The molecule has 1 aliphatic carbocycles. The smallest absolute Gasteiger partial charge is 0.243 e. The average molecular weight is 415 g/mol. The number of amides is 1. The molecular weight excluding hydrogens is 384 g/mol. The van der Waals surface area contributed by atoms with Gasteiger partial charge in [0.2, 0.25) is 15.9 Å². The van der Waals surface area contributed by atoms with E-state index in [1.807, 2.05) is 38.1 Å². The number of nitrogens with one attached hydrogen (secondary N) is 1. The highest BCUT2D eigenvalue weighted by molar-refractivity contribution is 7.89. The van der Waals surface area contributed by atoms with Gasteiger partial charge in [0.05, 0.1) is 11.4 Å². The van der Waals surface area contributed by atoms with E-state index < -0.39 is 10.0 Å². The van der Waals surface area contributed by atoms with Crippen LogP contribution in [-0.2, 0) is 21.4 Å². The molecule has 1 aliphatic rings. The minimum atomic E-state index is -3.79. The van der Waals surface area contributed by atoms with Crippen molar-refractivity contribution in [3.8, 4) is 0 Å². The zero-order valence-corrected chi connectivity index (χ0v) is 18.0. The number of benzene rings is 2. The third-order valence-corrected chi connectivity index (χ3v) is 7.23. The van der Waals surface area contributed by atoms with E-state index in [2.05, 4.69) is 5.32 Å². The normalized spacial score (nSPS) is 15.4. The predicted octanol–water partition coefficient (Wildman–Crippen LogP) is 3.94. The van der Waals surface area contributed by atoms with Crippen LogP contribution >= 0.6 is 0 Å². The van der Waals surface area contributed by atoms with Crippen LogP contribution < -0.4 is 5.32 Å². The van der Waals surface area contributed by atoms with Crippen molar-refractivity contribution in [1.82, 2.24) is 9.62 Å². The lowest BCUT2D eigenvalue weighted by atomic mass is 9.95. The molecule has 0 unspecified atom stereocenters. The van der Waals surface area contributed by atoms with E-state index in [9.17, 15) is 13.2 Å². The predicted molar refractivity (Wildman–Crippen MR) is 115 cm³/mol. The fourth-order valence-corrected chi connectivity index (χ4v) is 5.05. The van der Waals surface area contributed by atoms with Crippen LogP contribution in [0.15, 0.2) is 53.4 Å². The fourth-order valence-electron chi connectivity index (χ4n) is 3.66. The summed E-state index contributed by atoms with van der Waals surface area (Å²) in [5.41, 5.74) is 2.96. The first-order valence-electron chi connectivity index (χ1n) is 10.3. The molecule has 1 fully saturated rings. The Morgan fingerprint density at radius 3 is 2.07 bits per heavy atom. The van der Waals surface area contributed by atoms with Crippen LogP contribution in [0.3, 0.4) is 0 Å². The Balaban J connectivity index is 1.81. The second-order valence-corrected chi connectivity index (χ2v) is 9.91. The van der Waals surface area contributed by atoms with Crippen molar-refractivity contribution < 1.29 is 13.2 Å². The number of hydrogen-bond donors (Lipinski definition) is 1. The van der Waals surface area contributed by atoms with E-state index in [0.29, 0.717) is 0 Å². The minimum Gasteiger partial charge on any atom is -0.352 e. The summed E-state index contributed by atoms with van der Waals surface area (Å²) in [4.78, 5) is 12.9. The van der Waals surface area contributed by atoms with E-state index in [4.69, 9.17) is 0 Å². The van der Waals surface area contributed by atoms with Gasteiger partial charge in [0.25, 0.3) is 0 Å². The van der Waals surface area contributed by atoms with E-state index >= 15 is 0 Å². The molecule has 1 amide bonds. The van der Waals surface area contributed by atoms with Gasteiger partial charge in [-0.3, -0.25) is 4.79 Å². The Morgan fingerprint density at radius 2 is 1.48 bits per heavy atom. The van der Waals surface area contributed by atoms with E-state index in [-0.39, 0.29) is 29.9 Å². The molecule has 3 rings (SSSR count). The van der Waals surface area contributed by atoms with Gasteiger partial charge >= 0.3 is 0 Å². The number of aryl methyl sites for hydroxylation is 2. The quantitative estimate of drug-likeness (QED) is 0.746. The molecule has 0 saturated heterocycles. The van der Waals surface area contributed by atoms with Gasteiger partial charge in [-0.05, 0) is 44.4 Å². The lowest BCUT2D eigenvalue weighted by molar-refractivity contribution is -0.122. The lowest BCUT2D eigenvalue weighted by Crippen LogP contribution is -2.44. The molecule has 0 aliphatic heterocycles. The van der Waals surface area contributed by atoms with Gasteiger partial charge in [-0.25, -0.2) is 8.42 Å². The molecule has 1 N–H and O–H groups in total. The maximum atomic E-state index is 13.3. The third-order valence-electron chi connectivity index (χ3n) is 5.43. The van der Waals surface area contributed by atoms with E-state index in [1.54, 1.807) is 24.3 Å². The Bertz CT molecular complexity index is 916. The highest BCUT2D eigenvalue weighted by Crippen LogP contribution is 2.20. The molecule has 0 heterocycles. The van der Waals surface area contributed by atoms with Gasteiger partial charge in [0, 0.05) is 12.6 Å².